The van der Waals surface area contributed by atoms with Crippen LogP contribution in [0.3, 0.4) is 0 Å². The van der Waals surface area contributed by atoms with Gasteiger partial charge in [0.15, 0.2) is 6.10 Å². The summed E-state index contributed by atoms with van der Waals surface area (Å²) < 4.78 is 5.42. The molecule has 88 valence electrons. The average Bonchev–Trinajstić information content (AvgIpc) is 2.27. The third-order valence-corrected chi connectivity index (χ3v) is 2.50. The highest BCUT2D eigenvalue weighted by Crippen LogP contribution is 2.28. The van der Waals surface area contributed by atoms with Crippen molar-refractivity contribution in [3.63, 3.8) is 0 Å². The van der Waals surface area contributed by atoms with E-state index in [1.54, 1.807) is 18.2 Å². The standard InChI is InChI=1S/C10H12Cl2N2O2/c1-2-8(10(15)14-13)16-9-4-3-6(11)5-7(9)12/h3-5,8H,2,13H2,1H3,(H,14,15). The van der Waals surface area contributed by atoms with E-state index in [0.29, 0.717) is 22.2 Å². The lowest BCUT2D eigenvalue weighted by Gasteiger charge is -2.16. The van der Waals surface area contributed by atoms with Crippen LogP contribution in [0.2, 0.25) is 10.0 Å². The molecule has 0 bridgehead atoms. The van der Waals surface area contributed by atoms with Gasteiger partial charge in [0.05, 0.1) is 5.02 Å². The normalized spacial score (nSPS) is 12.0. The highest BCUT2D eigenvalue weighted by atomic mass is 35.5. The molecule has 1 amide bonds. The number of hydrogen-bond donors (Lipinski definition) is 2. The van der Waals surface area contributed by atoms with Gasteiger partial charge in [0.25, 0.3) is 5.91 Å². The van der Waals surface area contributed by atoms with Gasteiger partial charge in [0, 0.05) is 5.02 Å². The van der Waals surface area contributed by atoms with Crippen LogP contribution in [0.1, 0.15) is 13.3 Å². The molecule has 0 aromatic heterocycles. The van der Waals surface area contributed by atoms with E-state index in [2.05, 4.69) is 0 Å². The summed E-state index contributed by atoms with van der Waals surface area (Å²) in [5, 5.41) is 0.865. The molecule has 1 atom stereocenters. The van der Waals surface area contributed by atoms with Crippen molar-refractivity contribution in [1.82, 2.24) is 5.43 Å². The van der Waals surface area contributed by atoms with Crippen LogP contribution in [0, 0.1) is 0 Å². The van der Waals surface area contributed by atoms with E-state index in [1.165, 1.54) is 0 Å². The molecule has 0 saturated heterocycles. The quantitative estimate of drug-likeness (QED) is 0.497. The van der Waals surface area contributed by atoms with Gasteiger partial charge >= 0.3 is 0 Å². The van der Waals surface area contributed by atoms with Crippen molar-refractivity contribution in [2.24, 2.45) is 5.84 Å². The van der Waals surface area contributed by atoms with Gasteiger partial charge < -0.3 is 4.74 Å². The van der Waals surface area contributed by atoms with E-state index in [0.717, 1.165) is 0 Å². The van der Waals surface area contributed by atoms with Gasteiger partial charge in [-0.3, -0.25) is 10.2 Å². The summed E-state index contributed by atoms with van der Waals surface area (Å²) in [6.07, 6.45) is -0.175. The van der Waals surface area contributed by atoms with Crippen molar-refractivity contribution in [2.45, 2.75) is 19.4 Å². The summed E-state index contributed by atoms with van der Waals surface area (Å²) in [5.74, 6) is 5.04. The van der Waals surface area contributed by atoms with E-state index in [9.17, 15) is 4.79 Å². The summed E-state index contributed by atoms with van der Waals surface area (Å²) in [5.41, 5.74) is 2.03. The number of ether oxygens (including phenoxy) is 1. The lowest BCUT2D eigenvalue weighted by molar-refractivity contribution is -0.128. The molecule has 0 radical (unpaired) electrons. The average molecular weight is 263 g/mol. The minimum atomic E-state index is -0.663. The van der Waals surface area contributed by atoms with E-state index in [1.807, 2.05) is 12.3 Å². The molecule has 0 saturated carbocycles. The van der Waals surface area contributed by atoms with Crippen molar-refractivity contribution in [3.8, 4) is 5.75 Å². The highest BCUT2D eigenvalue weighted by molar-refractivity contribution is 6.35. The topological polar surface area (TPSA) is 64.3 Å². The smallest absolute Gasteiger partial charge is 0.274 e. The number of nitrogens with two attached hydrogens (primary N) is 1. The number of rotatable bonds is 4. The van der Waals surface area contributed by atoms with Crippen molar-refractivity contribution in [1.29, 1.82) is 0 Å². The monoisotopic (exact) mass is 262 g/mol. The van der Waals surface area contributed by atoms with Crippen LogP contribution in [0.25, 0.3) is 0 Å². The first-order valence-electron chi connectivity index (χ1n) is 4.70. The van der Waals surface area contributed by atoms with Gasteiger partial charge in [-0.2, -0.15) is 0 Å². The number of carbonyl (C=O) groups excluding carboxylic acids is 1. The van der Waals surface area contributed by atoms with Crippen molar-refractivity contribution >= 4 is 29.1 Å². The molecule has 0 heterocycles. The maximum Gasteiger partial charge on any atom is 0.274 e. The largest absolute Gasteiger partial charge is 0.479 e. The lowest BCUT2D eigenvalue weighted by Crippen LogP contribution is -2.41. The fraction of sp³-hybridized carbons (Fsp3) is 0.300. The number of amides is 1. The zero-order valence-corrected chi connectivity index (χ0v) is 10.2. The second-order valence-electron chi connectivity index (χ2n) is 3.10. The second kappa shape index (κ2) is 5.94. The summed E-state index contributed by atoms with van der Waals surface area (Å²) in [6.45, 7) is 1.81. The molecule has 3 N–H and O–H groups in total. The van der Waals surface area contributed by atoms with Gasteiger partial charge in [-0.15, -0.1) is 0 Å². The molecular weight excluding hydrogens is 251 g/mol. The molecule has 6 heteroatoms. The van der Waals surface area contributed by atoms with Crippen LogP contribution in [0.15, 0.2) is 18.2 Å². The molecule has 0 aliphatic carbocycles. The molecule has 1 aromatic carbocycles. The van der Waals surface area contributed by atoms with Crippen LogP contribution < -0.4 is 16.0 Å². The lowest BCUT2D eigenvalue weighted by atomic mass is 10.2. The van der Waals surface area contributed by atoms with E-state index < -0.39 is 12.0 Å². The molecule has 4 nitrogen and oxygen atoms in total. The zero-order valence-electron chi connectivity index (χ0n) is 8.67. The molecule has 1 rings (SSSR count). The van der Waals surface area contributed by atoms with Gasteiger partial charge in [-0.25, -0.2) is 5.84 Å². The van der Waals surface area contributed by atoms with Gasteiger partial charge in [0.2, 0.25) is 0 Å². The molecule has 0 aliphatic rings. The number of halogens is 2. The van der Waals surface area contributed by atoms with Gasteiger partial charge in [0.1, 0.15) is 5.75 Å². The molecule has 1 unspecified atom stereocenters. The van der Waals surface area contributed by atoms with E-state index in [-0.39, 0.29) is 0 Å². The predicted molar refractivity (Wildman–Crippen MR) is 63.5 cm³/mol. The number of nitrogens with one attached hydrogen (secondary N) is 1. The Morgan fingerprint density at radius 3 is 2.75 bits per heavy atom. The maximum atomic E-state index is 11.3. The minimum absolute atomic E-state index is 0.357. The number of carbonyl (C=O) groups is 1. The Hall–Kier alpha value is -0.970. The Labute approximate surface area is 104 Å². The first kappa shape index (κ1) is 13.1. The summed E-state index contributed by atoms with van der Waals surface area (Å²) in [7, 11) is 0. The molecular formula is C10H12Cl2N2O2. The molecule has 16 heavy (non-hydrogen) atoms. The minimum Gasteiger partial charge on any atom is -0.479 e. The van der Waals surface area contributed by atoms with Gasteiger partial charge in [-0.1, -0.05) is 30.1 Å². The van der Waals surface area contributed by atoms with Crippen LogP contribution >= 0.6 is 23.2 Å². The first-order valence-corrected chi connectivity index (χ1v) is 5.46. The zero-order chi connectivity index (χ0) is 12.1. The van der Waals surface area contributed by atoms with Crippen LogP contribution in [-0.4, -0.2) is 12.0 Å². The second-order valence-corrected chi connectivity index (χ2v) is 3.94. The van der Waals surface area contributed by atoms with Crippen LogP contribution in [0.4, 0.5) is 0 Å². The van der Waals surface area contributed by atoms with Crippen LogP contribution in [-0.2, 0) is 4.79 Å². The number of hydrazine groups is 1. The molecule has 1 aromatic rings. The van der Waals surface area contributed by atoms with Crippen molar-refractivity contribution < 1.29 is 9.53 Å². The Morgan fingerprint density at radius 1 is 1.56 bits per heavy atom. The fourth-order valence-corrected chi connectivity index (χ4v) is 1.59. The number of hydrogen-bond acceptors (Lipinski definition) is 3. The van der Waals surface area contributed by atoms with Crippen molar-refractivity contribution in [2.75, 3.05) is 0 Å². The molecule has 0 aliphatic heterocycles. The summed E-state index contributed by atoms with van der Waals surface area (Å²) in [6, 6.07) is 4.79. The Balaban J connectivity index is 2.82. The Kier molecular flexibility index (Phi) is 4.86. The third-order valence-electron chi connectivity index (χ3n) is 1.97. The summed E-state index contributed by atoms with van der Waals surface area (Å²) in [4.78, 5) is 11.3. The fourth-order valence-electron chi connectivity index (χ4n) is 1.14. The van der Waals surface area contributed by atoms with E-state index >= 15 is 0 Å². The van der Waals surface area contributed by atoms with Crippen molar-refractivity contribution in [3.05, 3.63) is 28.2 Å². The van der Waals surface area contributed by atoms with Crippen LogP contribution in [0.5, 0.6) is 5.75 Å². The molecule has 0 fully saturated rings. The molecule has 0 spiro atoms. The summed E-state index contributed by atoms with van der Waals surface area (Å²) >= 11 is 11.6. The van der Waals surface area contributed by atoms with E-state index in [4.69, 9.17) is 33.8 Å². The van der Waals surface area contributed by atoms with Gasteiger partial charge in [-0.05, 0) is 24.6 Å². The SMILES string of the molecule is CCC(Oc1ccc(Cl)cc1Cl)C(=O)NN. The number of benzene rings is 1. The predicted octanol–water partition coefficient (Wildman–Crippen LogP) is 2.14. The Morgan fingerprint density at radius 2 is 2.25 bits per heavy atom. The first-order chi connectivity index (χ1) is 7.58. The Bertz CT molecular complexity index is 385. The highest BCUT2D eigenvalue weighted by Gasteiger charge is 2.18. The maximum absolute atomic E-state index is 11.3. The third kappa shape index (κ3) is 3.27.